The highest BCUT2D eigenvalue weighted by Crippen LogP contribution is 1.98. The third kappa shape index (κ3) is 4.30. The van der Waals surface area contributed by atoms with Gasteiger partial charge in [-0.05, 0) is 18.6 Å². The van der Waals surface area contributed by atoms with E-state index in [4.69, 9.17) is 5.73 Å². The summed E-state index contributed by atoms with van der Waals surface area (Å²) in [5.41, 5.74) is 4.90. The van der Waals surface area contributed by atoms with E-state index in [2.05, 4.69) is 15.6 Å². The van der Waals surface area contributed by atoms with Gasteiger partial charge in [-0.2, -0.15) is 0 Å². The number of pyridine rings is 1. The number of hydrogen-bond acceptors (Lipinski definition) is 3. The van der Waals surface area contributed by atoms with E-state index in [1.54, 1.807) is 6.20 Å². The summed E-state index contributed by atoms with van der Waals surface area (Å²) in [5.74, 6) is 0.839. The fraction of sp³-hybridized carbons (Fsp3) is 0.333. The fourth-order valence-corrected chi connectivity index (χ4v) is 0.984. The number of rotatable bonds is 5. The molecule has 0 aliphatic carbocycles. The van der Waals surface area contributed by atoms with Crippen molar-refractivity contribution in [1.82, 2.24) is 10.3 Å². The van der Waals surface area contributed by atoms with Crippen molar-refractivity contribution in [3.63, 3.8) is 0 Å². The third-order valence-corrected chi connectivity index (χ3v) is 1.62. The van der Waals surface area contributed by atoms with Crippen LogP contribution in [0.1, 0.15) is 6.42 Å². The van der Waals surface area contributed by atoms with Gasteiger partial charge in [0, 0.05) is 19.3 Å². The monoisotopic (exact) mass is 194 g/mol. The van der Waals surface area contributed by atoms with Crippen LogP contribution < -0.4 is 16.4 Å². The quantitative estimate of drug-likeness (QED) is 0.599. The Kier molecular flexibility index (Phi) is 4.26. The van der Waals surface area contributed by atoms with Crippen molar-refractivity contribution in [3.05, 3.63) is 24.4 Å². The van der Waals surface area contributed by atoms with E-state index in [1.165, 1.54) is 0 Å². The van der Waals surface area contributed by atoms with Gasteiger partial charge in [-0.15, -0.1) is 0 Å². The third-order valence-electron chi connectivity index (χ3n) is 1.62. The molecular weight excluding hydrogens is 180 g/mol. The summed E-state index contributed by atoms with van der Waals surface area (Å²) < 4.78 is 0. The first kappa shape index (κ1) is 10.3. The number of urea groups is 1. The predicted octanol–water partition coefficient (Wildman–Crippen LogP) is 0.552. The molecule has 4 N–H and O–H groups in total. The number of nitrogens with two attached hydrogens (primary N) is 1. The van der Waals surface area contributed by atoms with Gasteiger partial charge in [-0.1, -0.05) is 6.07 Å². The topological polar surface area (TPSA) is 80.0 Å². The average molecular weight is 194 g/mol. The molecule has 5 heteroatoms. The van der Waals surface area contributed by atoms with Crippen LogP contribution in [0.25, 0.3) is 0 Å². The minimum atomic E-state index is -0.483. The molecular formula is C9H14N4O. The highest BCUT2D eigenvalue weighted by Gasteiger charge is 1.92. The molecule has 0 aromatic carbocycles. The van der Waals surface area contributed by atoms with Crippen molar-refractivity contribution < 1.29 is 4.79 Å². The summed E-state index contributed by atoms with van der Waals surface area (Å²) in [7, 11) is 0. The predicted molar refractivity (Wildman–Crippen MR) is 54.9 cm³/mol. The number of carbonyl (C=O) groups is 1. The molecule has 0 bridgehead atoms. The number of aromatic nitrogens is 1. The molecule has 76 valence electrons. The number of nitrogens with zero attached hydrogens (tertiary/aromatic N) is 1. The highest BCUT2D eigenvalue weighted by molar-refractivity contribution is 5.71. The second-order valence-corrected chi connectivity index (χ2v) is 2.79. The molecule has 1 aromatic rings. The van der Waals surface area contributed by atoms with E-state index < -0.39 is 6.03 Å². The maximum absolute atomic E-state index is 10.3. The normalized spacial score (nSPS) is 9.43. The number of carbonyl (C=O) groups excluding carboxylic acids is 1. The maximum Gasteiger partial charge on any atom is 0.312 e. The van der Waals surface area contributed by atoms with Crippen LogP contribution in [0.3, 0.4) is 0 Å². The largest absolute Gasteiger partial charge is 0.370 e. The van der Waals surface area contributed by atoms with Crippen LogP contribution in [-0.2, 0) is 0 Å². The number of hydrogen-bond donors (Lipinski definition) is 3. The molecule has 0 saturated carbocycles. The molecule has 0 unspecified atom stereocenters. The van der Waals surface area contributed by atoms with Gasteiger partial charge in [0.05, 0.1) is 0 Å². The van der Waals surface area contributed by atoms with Crippen LogP contribution in [0.5, 0.6) is 0 Å². The lowest BCUT2D eigenvalue weighted by Gasteiger charge is -2.04. The Labute approximate surface area is 82.7 Å². The zero-order chi connectivity index (χ0) is 10.2. The second-order valence-electron chi connectivity index (χ2n) is 2.79. The smallest absolute Gasteiger partial charge is 0.312 e. The Balaban J connectivity index is 2.08. The van der Waals surface area contributed by atoms with Gasteiger partial charge in [-0.3, -0.25) is 0 Å². The van der Waals surface area contributed by atoms with Crippen LogP contribution in [0, 0.1) is 0 Å². The van der Waals surface area contributed by atoms with Crippen molar-refractivity contribution in [2.45, 2.75) is 6.42 Å². The summed E-state index contributed by atoms with van der Waals surface area (Å²) in [4.78, 5) is 14.4. The SMILES string of the molecule is NC(=O)NCCCNc1ccccn1. The van der Waals surface area contributed by atoms with Gasteiger partial charge >= 0.3 is 6.03 Å². The van der Waals surface area contributed by atoms with Gasteiger partial charge in [0.1, 0.15) is 5.82 Å². The first-order valence-electron chi connectivity index (χ1n) is 4.47. The van der Waals surface area contributed by atoms with Crippen LogP contribution in [-0.4, -0.2) is 24.1 Å². The molecule has 0 aliphatic rings. The summed E-state index contributed by atoms with van der Waals surface area (Å²) in [6.07, 6.45) is 2.55. The first-order chi connectivity index (χ1) is 6.79. The average Bonchev–Trinajstić information content (AvgIpc) is 2.18. The number of anilines is 1. The van der Waals surface area contributed by atoms with E-state index in [1.807, 2.05) is 18.2 Å². The molecule has 2 amide bonds. The van der Waals surface area contributed by atoms with E-state index >= 15 is 0 Å². The molecule has 14 heavy (non-hydrogen) atoms. The van der Waals surface area contributed by atoms with Crippen LogP contribution in [0.15, 0.2) is 24.4 Å². The van der Waals surface area contributed by atoms with E-state index in [-0.39, 0.29) is 0 Å². The molecule has 0 atom stereocenters. The van der Waals surface area contributed by atoms with E-state index in [0.29, 0.717) is 6.54 Å². The number of amides is 2. The molecule has 1 rings (SSSR count). The molecule has 0 saturated heterocycles. The van der Waals surface area contributed by atoms with Crippen LogP contribution >= 0.6 is 0 Å². The Morgan fingerprint density at radius 1 is 1.43 bits per heavy atom. The Morgan fingerprint density at radius 3 is 2.93 bits per heavy atom. The van der Waals surface area contributed by atoms with E-state index in [9.17, 15) is 4.79 Å². The molecule has 1 aromatic heterocycles. The second kappa shape index (κ2) is 5.80. The van der Waals surface area contributed by atoms with Gasteiger partial charge in [0.25, 0.3) is 0 Å². The highest BCUT2D eigenvalue weighted by atomic mass is 16.2. The molecule has 0 aliphatic heterocycles. The molecule has 5 nitrogen and oxygen atoms in total. The zero-order valence-corrected chi connectivity index (χ0v) is 7.86. The van der Waals surface area contributed by atoms with Crippen molar-refractivity contribution in [2.24, 2.45) is 5.73 Å². The number of nitrogens with one attached hydrogen (secondary N) is 2. The Bertz CT molecular complexity index is 275. The van der Waals surface area contributed by atoms with E-state index in [0.717, 1.165) is 18.8 Å². The molecule has 0 radical (unpaired) electrons. The lowest BCUT2D eigenvalue weighted by Crippen LogP contribution is -2.30. The van der Waals surface area contributed by atoms with Gasteiger partial charge in [0.2, 0.25) is 0 Å². The minimum Gasteiger partial charge on any atom is -0.370 e. The molecule has 1 heterocycles. The molecule has 0 fully saturated rings. The van der Waals surface area contributed by atoms with Crippen LogP contribution in [0.4, 0.5) is 10.6 Å². The zero-order valence-electron chi connectivity index (χ0n) is 7.86. The lowest BCUT2D eigenvalue weighted by molar-refractivity contribution is 0.249. The van der Waals surface area contributed by atoms with Gasteiger partial charge in [-0.25, -0.2) is 9.78 Å². The maximum atomic E-state index is 10.3. The summed E-state index contributed by atoms with van der Waals surface area (Å²) in [6.45, 7) is 1.34. The Morgan fingerprint density at radius 2 is 2.29 bits per heavy atom. The Hall–Kier alpha value is -1.78. The minimum absolute atomic E-state index is 0.483. The van der Waals surface area contributed by atoms with Crippen LogP contribution in [0.2, 0.25) is 0 Å². The van der Waals surface area contributed by atoms with Gasteiger partial charge in [0.15, 0.2) is 0 Å². The van der Waals surface area contributed by atoms with Crippen molar-refractivity contribution in [1.29, 1.82) is 0 Å². The summed E-state index contributed by atoms with van der Waals surface area (Å²) in [5, 5.41) is 5.63. The summed E-state index contributed by atoms with van der Waals surface area (Å²) >= 11 is 0. The van der Waals surface area contributed by atoms with Crippen molar-refractivity contribution >= 4 is 11.8 Å². The molecule has 0 spiro atoms. The summed E-state index contributed by atoms with van der Waals surface area (Å²) in [6, 6.07) is 5.18. The fourth-order valence-electron chi connectivity index (χ4n) is 0.984. The van der Waals surface area contributed by atoms with Crippen molar-refractivity contribution in [2.75, 3.05) is 18.4 Å². The first-order valence-corrected chi connectivity index (χ1v) is 4.47. The van der Waals surface area contributed by atoms with Gasteiger partial charge < -0.3 is 16.4 Å². The van der Waals surface area contributed by atoms with Crippen molar-refractivity contribution in [3.8, 4) is 0 Å². The standard InChI is InChI=1S/C9H14N4O/c10-9(14)13-7-3-6-12-8-4-1-2-5-11-8/h1-2,4-5H,3,6-7H2,(H,11,12)(H3,10,13,14). The lowest BCUT2D eigenvalue weighted by atomic mass is 10.4. The number of primary amides is 1.